The summed E-state index contributed by atoms with van der Waals surface area (Å²) in [5.41, 5.74) is 11.0. The molecule has 0 aliphatic carbocycles. The summed E-state index contributed by atoms with van der Waals surface area (Å²) in [5.74, 6) is 1.18. The van der Waals surface area contributed by atoms with Gasteiger partial charge < -0.3 is 10.6 Å². The zero-order valence-electron chi connectivity index (χ0n) is 15.7. The van der Waals surface area contributed by atoms with Gasteiger partial charge in [0.05, 0.1) is 16.8 Å². The lowest BCUT2D eigenvalue weighted by Gasteiger charge is -2.15. The maximum absolute atomic E-state index is 6.52. The third-order valence-electron chi connectivity index (χ3n) is 4.67. The Morgan fingerprint density at radius 3 is 2.52 bits per heavy atom. The normalized spacial score (nSPS) is 11.1. The van der Waals surface area contributed by atoms with E-state index in [0.717, 1.165) is 34.4 Å². The van der Waals surface area contributed by atoms with Gasteiger partial charge in [-0.15, -0.1) is 5.10 Å². The van der Waals surface area contributed by atoms with Gasteiger partial charge in [0, 0.05) is 19.2 Å². The van der Waals surface area contributed by atoms with E-state index in [0.29, 0.717) is 17.4 Å². The number of anilines is 2. The van der Waals surface area contributed by atoms with Crippen molar-refractivity contribution in [2.45, 2.75) is 13.8 Å². The molecule has 0 saturated carbocycles. The van der Waals surface area contributed by atoms with Crippen molar-refractivity contribution < 1.29 is 0 Å². The minimum Gasteiger partial charge on any atom is -0.383 e. The van der Waals surface area contributed by atoms with Crippen molar-refractivity contribution in [1.82, 2.24) is 19.7 Å². The van der Waals surface area contributed by atoms with Gasteiger partial charge in [0.2, 0.25) is 5.95 Å². The lowest BCUT2D eigenvalue weighted by atomic mass is 10.1. The zero-order valence-corrected chi connectivity index (χ0v) is 15.7. The van der Waals surface area contributed by atoms with E-state index in [1.807, 2.05) is 67.4 Å². The predicted molar refractivity (Wildman–Crippen MR) is 110 cm³/mol. The molecule has 0 saturated heterocycles. The van der Waals surface area contributed by atoms with E-state index in [1.165, 1.54) is 0 Å². The Hall–Kier alpha value is -3.41. The van der Waals surface area contributed by atoms with Gasteiger partial charge in [0.1, 0.15) is 5.82 Å². The van der Waals surface area contributed by atoms with Gasteiger partial charge in [-0.1, -0.05) is 42.5 Å². The summed E-state index contributed by atoms with van der Waals surface area (Å²) < 4.78 is 1.74. The molecule has 0 fully saturated rings. The van der Waals surface area contributed by atoms with Gasteiger partial charge in [0.25, 0.3) is 0 Å². The average Bonchev–Trinajstić information content (AvgIpc) is 3.04. The Labute approximate surface area is 158 Å². The van der Waals surface area contributed by atoms with Crippen LogP contribution in [0.4, 0.5) is 11.8 Å². The maximum atomic E-state index is 6.52. The standard InChI is InChI=1S/C21H22N6/c1-4-26(3)21-23-18(15-10-6-5-7-11-15)17-19(22)27(25-20(17)24-21)16-12-8-9-14(2)13-16/h5-13H,4,22H2,1-3H3. The van der Waals surface area contributed by atoms with Crippen LogP contribution in [0.3, 0.4) is 0 Å². The van der Waals surface area contributed by atoms with E-state index >= 15 is 0 Å². The highest BCUT2D eigenvalue weighted by molar-refractivity contribution is 5.99. The number of nitrogens with zero attached hydrogens (tertiary/aromatic N) is 5. The van der Waals surface area contributed by atoms with Gasteiger partial charge in [0.15, 0.2) is 5.65 Å². The van der Waals surface area contributed by atoms with Gasteiger partial charge >= 0.3 is 0 Å². The molecule has 4 rings (SSSR count). The zero-order chi connectivity index (χ0) is 19.0. The summed E-state index contributed by atoms with van der Waals surface area (Å²) in [6.07, 6.45) is 0. The second kappa shape index (κ2) is 6.72. The highest BCUT2D eigenvalue weighted by Gasteiger charge is 2.20. The second-order valence-electron chi connectivity index (χ2n) is 6.59. The van der Waals surface area contributed by atoms with Crippen molar-refractivity contribution in [1.29, 1.82) is 0 Å². The molecule has 0 aliphatic heterocycles. The first-order chi connectivity index (χ1) is 13.1. The lowest BCUT2D eigenvalue weighted by molar-refractivity contribution is 0.884. The van der Waals surface area contributed by atoms with Crippen molar-refractivity contribution in [3.05, 3.63) is 60.2 Å². The maximum Gasteiger partial charge on any atom is 0.227 e. The summed E-state index contributed by atoms with van der Waals surface area (Å²) in [6, 6.07) is 18.1. The van der Waals surface area contributed by atoms with E-state index in [-0.39, 0.29) is 0 Å². The van der Waals surface area contributed by atoms with E-state index in [9.17, 15) is 0 Å². The molecule has 6 heteroatoms. The van der Waals surface area contributed by atoms with E-state index in [1.54, 1.807) is 4.68 Å². The van der Waals surface area contributed by atoms with Crippen LogP contribution < -0.4 is 10.6 Å². The quantitative estimate of drug-likeness (QED) is 0.600. The molecule has 2 N–H and O–H groups in total. The Morgan fingerprint density at radius 2 is 1.81 bits per heavy atom. The Morgan fingerprint density at radius 1 is 1.04 bits per heavy atom. The second-order valence-corrected chi connectivity index (χ2v) is 6.59. The van der Waals surface area contributed by atoms with Crippen LogP contribution in [0.5, 0.6) is 0 Å². The Bertz CT molecular complexity index is 1100. The molecule has 0 amide bonds. The molecular weight excluding hydrogens is 336 g/mol. The average molecular weight is 358 g/mol. The van der Waals surface area contributed by atoms with Gasteiger partial charge in [-0.3, -0.25) is 0 Å². The third kappa shape index (κ3) is 2.99. The fraction of sp³-hybridized carbons (Fsp3) is 0.190. The molecule has 0 atom stereocenters. The summed E-state index contributed by atoms with van der Waals surface area (Å²) in [7, 11) is 1.97. The van der Waals surface area contributed by atoms with Gasteiger partial charge in [-0.05, 0) is 31.5 Å². The van der Waals surface area contributed by atoms with Crippen molar-refractivity contribution in [2.24, 2.45) is 0 Å². The molecule has 0 spiro atoms. The van der Waals surface area contributed by atoms with Crippen molar-refractivity contribution in [2.75, 3.05) is 24.2 Å². The van der Waals surface area contributed by atoms with Crippen LogP contribution in [-0.4, -0.2) is 33.3 Å². The molecule has 0 aliphatic rings. The van der Waals surface area contributed by atoms with Crippen molar-refractivity contribution >= 4 is 22.8 Å². The number of nitrogen functional groups attached to an aromatic ring is 1. The number of aryl methyl sites for hydroxylation is 1. The molecule has 2 heterocycles. The minimum atomic E-state index is 0.542. The lowest BCUT2D eigenvalue weighted by Crippen LogP contribution is -2.19. The number of hydrogen-bond donors (Lipinski definition) is 1. The molecular formula is C21H22N6. The summed E-state index contributed by atoms with van der Waals surface area (Å²) in [5, 5.41) is 5.48. The molecule has 6 nitrogen and oxygen atoms in total. The number of nitrogens with two attached hydrogens (primary N) is 1. The molecule has 136 valence electrons. The van der Waals surface area contributed by atoms with Crippen LogP contribution in [0.15, 0.2) is 54.6 Å². The number of hydrogen-bond acceptors (Lipinski definition) is 5. The summed E-state index contributed by atoms with van der Waals surface area (Å²) in [4.78, 5) is 11.5. The Balaban J connectivity index is 2.02. The monoisotopic (exact) mass is 358 g/mol. The van der Waals surface area contributed by atoms with Gasteiger partial charge in [-0.25, -0.2) is 9.67 Å². The molecule has 27 heavy (non-hydrogen) atoms. The molecule has 4 aromatic rings. The highest BCUT2D eigenvalue weighted by atomic mass is 15.3. The highest BCUT2D eigenvalue weighted by Crippen LogP contribution is 2.33. The van der Waals surface area contributed by atoms with Crippen LogP contribution in [0.2, 0.25) is 0 Å². The SMILES string of the molecule is CCN(C)c1nc(-c2ccccc2)c2c(N)n(-c3cccc(C)c3)nc2n1. The number of benzene rings is 2. The van der Waals surface area contributed by atoms with Crippen molar-refractivity contribution in [3.63, 3.8) is 0 Å². The minimum absolute atomic E-state index is 0.542. The topological polar surface area (TPSA) is 72.9 Å². The van der Waals surface area contributed by atoms with Crippen molar-refractivity contribution in [3.8, 4) is 16.9 Å². The number of aromatic nitrogens is 4. The third-order valence-corrected chi connectivity index (χ3v) is 4.67. The largest absolute Gasteiger partial charge is 0.383 e. The fourth-order valence-corrected chi connectivity index (χ4v) is 3.07. The van der Waals surface area contributed by atoms with Gasteiger partial charge in [-0.2, -0.15) is 4.98 Å². The molecule has 0 unspecified atom stereocenters. The number of rotatable bonds is 4. The molecule has 2 aromatic heterocycles. The van der Waals surface area contributed by atoms with Crippen LogP contribution in [0.25, 0.3) is 28.0 Å². The van der Waals surface area contributed by atoms with E-state index in [2.05, 4.69) is 18.0 Å². The summed E-state index contributed by atoms with van der Waals surface area (Å²) >= 11 is 0. The Kier molecular flexibility index (Phi) is 4.24. The smallest absolute Gasteiger partial charge is 0.227 e. The van der Waals surface area contributed by atoms with Crippen LogP contribution in [-0.2, 0) is 0 Å². The van der Waals surface area contributed by atoms with Crippen LogP contribution in [0, 0.1) is 6.92 Å². The first kappa shape index (κ1) is 17.0. The number of fused-ring (bicyclic) bond motifs is 1. The van der Waals surface area contributed by atoms with E-state index < -0.39 is 0 Å². The fourth-order valence-electron chi connectivity index (χ4n) is 3.07. The summed E-state index contributed by atoms with van der Waals surface area (Å²) in [6.45, 7) is 4.91. The molecule has 0 bridgehead atoms. The molecule has 2 aromatic carbocycles. The van der Waals surface area contributed by atoms with Crippen LogP contribution >= 0.6 is 0 Å². The first-order valence-electron chi connectivity index (χ1n) is 8.98. The predicted octanol–water partition coefficient (Wildman–Crippen LogP) is 3.83. The van der Waals surface area contributed by atoms with E-state index in [4.69, 9.17) is 15.8 Å². The first-order valence-corrected chi connectivity index (χ1v) is 8.98. The van der Waals surface area contributed by atoms with Crippen LogP contribution in [0.1, 0.15) is 12.5 Å². The molecule has 0 radical (unpaired) electrons.